The predicted molar refractivity (Wildman–Crippen MR) is 110 cm³/mol. The van der Waals surface area contributed by atoms with Gasteiger partial charge in [0.05, 0.1) is 16.7 Å². The minimum Gasteiger partial charge on any atom is -0.452 e. The highest BCUT2D eigenvalue weighted by atomic mass is 19.1. The van der Waals surface area contributed by atoms with Crippen LogP contribution in [-0.2, 0) is 16.1 Å². The smallest absolute Gasteiger partial charge is 0.338 e. The van der Waals surface area contributed by atoms with E-state index in [2.05, 4.69) is 0 Å². The van der Waals surface area contributed by atoms with Crippen molar-refractivity contribution in [3.63, 3.8) is 0 Å². The predicted octanol–water partition coefficient (Wildman–Crippen LogP) is 3.04. The molecule has 0 N–H and O–H groups in total. The number of carbonyl (C=O) groups excluding carboxylic acids is 4. The Bertz CT molecular complexity index is 1040. The first-order valence-corrected chi connectivity index (χ1v) is 9.97. The lowest BCUT2D eigenvalue weighted by atomic mass is 10.1. The van der Waals surface area contributed by atoms with Crippen LogP contribution in [0.25, 0.3) is 0 Å². The van der Waals surface area contributed by atoms with Crippen LogP contribution in [0.5, 0.6) is 0 Å². The molecule has 0 saturated heterocycles. The van der Waals surface area contributed by atoms with E-state index in [4.69, 9.17) is 4.74 Å². The highest BCUT2D eigenvalue weighted by Gasteiger charge is 2.35. The molecule has 0 spiro atoms. The van der Waals surface area contributed by atoms with Crippen LogP contribution in [0.4, 0.5) is 4.39 Å². The van der Waals surface area contributed by atoms with Gasteiger partial charge in [-0.1, -0.05) is 25.5 Å². The van der Waals surface area contributed by atoms with Gasteiger partial charge in [-0.3, -0.25) is 19.3 Å². The van der Waals surface area contributed by atoms with Crippen LogP contribution in [-0.4, -0.2) is 53.7 Å². The van der Waals surface area contributed by atoms with Gasteiger partial charge in [0, 0.05) is 20.1 Å². The third kappa shape index (κ3) is 4.96. The van der Waals surface area contributed by atoms with Crippen LogP contribution >= 0.6 is 0 Å². The lowest BCUT2D eigenvalue weighted by Crippen LogP contribution is -2.31. The molecule has 2 aromatic carbocycles. The van der Waals surface area contributed by atoms with E-state index in [-0.39, 0.29) is 29.1 Å². The summed E-state index contributed by atoms with van der Waals surface area (Å²) in [4.78, 5) is 52.0. The van der Waals surface area contributed by atoms with Crippen LogP contribution in [0.15, 0.2) is 42.5 Å². The second-order valence-electron chi connectivity index (χ2n) is 7.33. The van der Waals surface area contributed by atoms with Gasteiger partial charge in [0.15, 0.2) is 6.61 Å². The van der Waals surface area contributed by atoms with E-state index in [1.807, 2.05) is 6.92 Å². The monoisotopic (exact) mass is 426 g/mol. The highest BCUT2D eigenvalue weighted by Crippen LogP contribution is 2.24. The Balaban J connectivity index is 1.60. The number of ether oxygens (including phenoxy) is 1. The number of nitrogens with zero attached hydrogens (tertiary/aromatic N) is 2. The molecule has 0 radical (unpaired) electrons. The van der Waals surface area contributed by atoms with Crippen LogP contribution in [0.2, 0.25) is 0 Å². The zero-order chi connectivity index (χ0) is 22.5. The first-order chi connectivity index (χ1) is 14.8. The van der Waals surface area contributed by atoms with Gasteiger partial charge in [0.1, 0.15) is 5.82 Å². The SMILES string of the molecule is CCCCN1C(=O)c2ccc(C(=O)OCC(=O)N(C)Cc3cccc(F)c3)cc2C1=O. The number of amides is 3. The minimum absolute atomic E-state index is 0.0813. The lowest BCUT2D eigenvalue weighted by Gasteiger charge is -2.17. The quantitative estimate of drug-likeness (QED) is 0.479. The third-order valence-electron chi connectivity index (χ3n) is 5.00. The molecule has 1 aliphatic rings. The number of benzene rings is 2. The fraction of sp³-hybridized carbons (Fsp3) is 0.304. The Morgan fingerprint density at radius 1 is 1.06 bits per heavy atom. The number of likely N-dealkylation sites (N-methyl/N-ethyl adjacent to an activating group) is 1. The van der Waals surface area contributed by atoms with E-state index in [9.17, 15) is 23.6 Å². The molecule has 0 bridgehead atoms. The van der Waals surface area contributed by atoms with Gasteiger partial charge in [0.25, 0.3) is 17.7 Å². The normalized spacial score (nSPS) is 12.7. The summed E-state index contributed by atoms with van der Waals surface area (Å²) in [6.07, 6.45) is 1.54. The maximum absolute atomic E-state index is 13.3. The van der Waals surface area contributed by atoms with Gasteiger partial charge in [-0.15, -0.1) is 0 Å². The Morgan fingerprint density at radius 3 is 2.52 bits per heavy atom. The van der Waals surface area contributed by atoms with E-state index in [1.165, 1.54) is 47.2 Å². The molecular weight excluding hydrogens is 403 g/mol. The van der Waals surface area contributed by atoms with Crippen molar-refractivity contribution in [3.05, 3.63) is 70.5 Å². The Kier molecular flexibility index (Phi) is 6.79. The minimum atomic E-state index is -0.775. The molecule has 0 aliphatic carbocycles. The first kappa shape index (κ1) is 22.1. The molecule has 2 aromatic rings. The maximum Gasteiger partial charge on any atom is 0.338 e. The number of halogens is 1. The lowest BCUT2D eigenvalue weighted by molar-refractivity contribution is -0.133. The summed E-state index contributed by atoms with van der Waals surface area (Å²) in [7, 11) is 1.52. The molecule has 0 fully saturated rings. The fourth-order valence-corrected chi connectivity index (χ4v) is 3.26. The standard InChI is InChI=1S/C23H23FN2O5/c1-3-4-10-26-21(28)18-9-8-16(12-19(18)22(26)29)23(30)31-14-20(27)25(2)13-15-6-5-7-17(24)11-15/h5-9,11-12H,3-4,10,13-14H2,1-2H3. The maximum atomic E-state index is 13.3. The molecule has 0 saturated carbocycles. The molecule has 0 unspecified atom stereocenters. The summed E-state index contributed by atoms with van der Waals surface area (Å²) in [5.74, 6) is -2.45. The van der Waals surface area contributed by atoms with Crippen LogP contribution < -0.4 is 0 Å². The van der Waals surface area contributed by atoms with Crippen molar-refractivity contribution in [2.24, 2.45) is 0 Å². The number of hydrogen-bond acceptors (Lipinski definition) is 5. The largest absolute Gasteiger partial charge is 0.452 e. The molecule has 1 aliphatic heterocycles. The van der Waals surface area contributed by atoms with Gasteiger partial charge in [-0.25, -0.2) is 9.18 Å². The number of carbonyl (C=O) groups is 4. The van der Waals surface area contributed by atoms with Gasteiger partial charge < -0.3 is 9.64 Å². The average Bonchev–Trinajstić information content (AvgIpc) is 2.99. The van der Waals surface area contributed by atoms with Crippen molar-refractivity contribution >= 4 is 23.7 Å². The van der Waals surface area contributed by atoms with Crippen molar-refractivity contribution in [2.45, 2.75) is 26.3 Å². The zero-order valence-electron chi connectivity index (χ0n) is 17.4. The van der Waals surface area contributed by atoms with Crippen molar-refractivity contribution in [3.8, 4) is 0 Å². The van der Waals surface area contributed by atoms with Crippen LogP contribution in [0.1, 0.15) is 56.4 Å². The number of unbranched alkanes of at least 4 members (excludes halogenated alkanes) is 1. The van der Waals surface area contributed by atoms with Crippen LogP contribution in [0.3, 0.4) is 0 Å². The zero-order valence-corrected chi connectivity index (χ0v) is 17.4. The Labute approximate surface area is 179 Å². The van der Waals surface area contributed by atoms with Crippen molar-refractivity contribution in [1.29, 1.82) is 0 Å². The van der Waals surface area contributed by atoms with Crippen molar-refractivity contribution in [2.75, 3.05) is 20.2 Å². The molecular formula is C23H23FN2O5. The molecule has 7 nitrogen and oxygen atoms in total. The molecule has 3 rings (SSSR count). The summed E-state index contributed by atoms with van der Waals surface area (Å²) in [5.41, 5.74) is 1.10. The molecule has 1 heterocycles. The summed E-state index contributed by atoms with van der Waals surface area (Å²) in [5, 5.41) is 0. The van der Waals surface area contributed by atoms with Gasteiger partial charge in [0.2, 0.25) is 0 Å². The second kappa shape index (κ2) is 9.51. The summed E-state index contributed by atoms with van der Waals surface area (Å²) in [6.45, 7) is 1.95. The van der Waals surface area contributed by atoms with E-state index in [0.717, 1.165) is 6.42 Å². The molecule has 8 heteroatoms. The van der Waals surface area contributed by atoms with E-state index in [1.54, 1.807) is 12.1 Å². The van der Waals surface area contributed by atoms with Crippen molar-refractivity contribution in [1.82, 2.24) is 9.80 Å². The summed E-state index contributed by atoms with van der Waals surface area (Å²) < 4.78 is 18.3. The Hall–Kier alpha value is -3.55. The average molecular weight is 426 g/mol. The van der Waals surface area contributed by atoms with Gasteiger partial charge in [-0.2, -0.15) is 0 Å². The molecule has 31 heavy (non-hydrogen) atoms. The topological polar surface area (TPSA) is 84.0 Å². The molecule has 162 valence electrons. The Morgan fingerprint density at radius 2 is 1.81 bits per heavy atom. The molecule has 0 atom stereocenters. The number of imide groups is 1. The number of hydrogen-bond donors (Lipinski definition) is 0. The van der Waals surface area contributed by atoms with Gasteiger partial charge in [-0.05, 0) is 42.3 Å². The second-order valence-corrected chi connectivity index (χ2v) is 7.33. The summed E-state index contributed by atoms with van der Waals surface area (Å²) >= 11 is 0. The molecule has 3 amide bonds. The fourth-order valence-electron chi connectivity index (χ4n) is 3.26. The van der Waals surface area contributed by atoms with Crippen LogP contribution in [0, 0.1) is 5.82 Å². The third-order valence-corrected chi connectivity index (χ3v) is 5.00. The first-order valence-electron chi connectivity index (χ1n) is 9.97. The molecule has 0 aromatic heterocycles. The number of fused-ring (bicyclic) bond motifs is 1. The van der Waals surface area contributed by atoms with Crippen molar-refractivity contribution < 1.29 is 28.3 Å². The number of rotatable bonds is 8. The number of esters is 1. The van der Waals surface area contributed by atoms with E-state index in [0.29, 0.717) is 18.5 Å². The highest BCUT2D eigenvalue weighted by molar-refractivity contribution is 6.21. The summed E-state index contributed by atoms with van der Waals surface area (Å²) in [6, 6.07) is 10.0. The van der Waals surface area contributed by atoms with E-state index < -0.39 is 30.2 Å². The van der Waals surface area contributed by atoms with E-state index >= 15 is 0 Å². The van der Waals surface area contributed by atoms with Gasteiger partial charge >= 0.3 is 5.97 Å².